The van der Waals surface area contributed by atoms with Crippen LogP contribution in [0.4, 0.5) is 4.39 Å². The first-order valence-electron chi connectivity index (χ1n) is 10.6. The molecule has 29 heavy (non-hydrogen) atoms. The molecular formula is C21H26FN5O2. The molecule has 2 aliphatic heterocycles. The van der Waals surface area contributed by atoms with E-state index < -0.39 is 0 Å². The quantitative estimate of drug-likeness (QED) is 0.669. The highest BCUT2D eigenvalue weighted by Crippen LogP contribution is 2.30. The molecule has 0 amide bonds. The van der Waals surface area contributed by atoms with Gasteiger partial charge in [0.25, 0.3) is 5.95 Å². The zero-order valence-electron chi connectivity index (χ0n) is 16.7. The number of fused-ring (bicyclic) bond motifs is 1. The van der Waals surface area contributed by atoms with Crippen molar-refractivity contribution in [3.8, 4) is 5.95 Å². The van der Waals surface area contributed by atoms with E-state index in [-0.39, 0.29) is 11.7 Å². The molecule has 0 spiro atoms. The Balaban J connectivity index is 1.34. The van der Waals surface area contributed by atoms with Crippen molar-refractivity contribution < 1.29 is 13.7 Å². The smallest absolute Gasteiger partial charge is 0.291 e. The normalized spacial score (nSPS) is 19.9. The molecule has 5 rings (SSSR count). The lowest BCUT2D eigenvalue weighted by Gasteiger charge is -2.38. The summed E-state index contributed by atoms with van der Waals surface area (Å²) in [6.07, 6.45) is 5.02. The van der Waals surface area contributed by atoms with Crippen LogP contribution in [0.3, 0.4) is 0 Å². The molecule has 0 bridgehead atoms. The molecule has 8 heteroatoms. The highest BCUT2D eigenvalue weighted by Gasteiger charge is 2.30. The summed E-state index contributed by atoms with van der Waals surface area (Å²) in [5.74, 6) is 0.994. The largest absolute Gasteiger partial charge is 0.381 e. The zero-order chi connectivity index (χ0) is 19.8. The Morgan fingerprint density at radius 2 is 1.93 bits per heavy atom. The molecule has 2 fully saturated rings. The van der Waals surface area contributed by atoms with Crippen molar-refractivity contribution in [2.24, 2.45) is 0 Å². The summed E-state index contributed by atoms with van der Waals surface area (Å²) in [6, 6.07) is 5.34. The Morgan fingerprint density at radius 3 is 2.69 bits per heavy atom. The predicted octanol–water partition coefficient (Wildman–Crippen LogP) is 3.47. The van der Waals surface area contributed by atoms with Crippen LogP contribution in [0.2, 0.25) is 0 Å². The van der Waals surface area contributed by atoms with Gasteiger partial charge in [-0.2, -0.15) is 14.8 Å². The van der Waals surface area contributed by atoms with E-state index in [4.69, 9.17) is 9.26 Å². The molecule has 0 saturated carbocycles. The number of aryl methyl sites for hydroxylation is 1. The van der Waals surface area contributed by atoms with Gasteiger partial charge in [-0.25, -0.2) is 4.39 Å². The van der Waals surface area contributed by atoms with Gasteiger partial charge in [0.2, 0.25) is 5.89 Å². The minimum absolute atomic E-state index is 0.261. The summed E-state index contributed by atoms with van der Waals surface area (Å²) in [5, 5.41) is 9.68. The lowest BCUT2D eigenvalue weighted by molar-refractivity contribution is 0.0239. The number of halogens is 1. The van der Waals surface area contributed by atoms with Gasteiger partial charge >= 0.3 is 0 Å². The molecule has 2 aliphatic rings. The van der Waals surface area contributed by atoms with Crippen molar-refractivity contribution in [1.82, 2.24) is 24.8 Å². The van der Waals surface area contributed by atoms with Gasteiger partial charge in [-0.3, -0.25) is 0 Å². The predicted molar refractivity (Wildman–Crippen MR) is 106 cm³/mol. The second kappa shape index (κ2) is 7.84. The fraction of sp³-hybridized carbons (Fsp3) is 0.571. The molecule has 0 atom stereocenters. The molecule has 154 valence electrons. The zero-order valence-corrected chi connectivity index (χ0v) is 16.7. The summed E-state index contributed by atoms with van der Waals surface area (Å²) >= 11 is 0. The fourth-order valence-corrected chi connectivity index (χ4v) is 4.61. The first kappa shape index (κ1) is 18.7. The third-order valence-electron chi connectivity index (χ3n) is 6.26. The molecule has 0 N–H and O–H groups in total. The van der Waals surface area contributed by atoms with E-state index in [1.165, 1.54) is 12.1 Å². The van der Waals surface area contributed by atoms with Crippen molar-refractivity contribution in [1.29, 1.82) is 0 Å². The molecule has 4 heterocycles. The van der Waals surface area contributed by atoms with Gasteiger partial charge in [0.1, 0.15) is 5.82 Å². The maximum absolute atomic E-state index is 13.8. The third kappa shape index (κ3) is 3.55. The first-order chi connectivity index (χ1) is 14.2. The molecule has 7 nitrogen and oxygen atoms in total. The van der Waals surface area contributed by atoms with Crippen LogP contribution >= 0.6 is 0 Å². The maximum atomic E-state index is 13.8. The van der Waals surface area contributed by atoms with Crippen LogP contribution in [0.1, 0.15) is 50.1 Å². The summed E-state index contributed by atoms with van der Waals surface area (Å²) in [6.45, 7) is 5.86. The van der Waals surface area contributed by atoms with Crippen LogP contribution in [0.5, 0.6) is 0 Å². The van der Waals surface area contributed by atoms with Gasteiger partial charge in [-0.05, 0) is 62.5 Å². The van der Waals surface area contributed by atoms with E-state index in [2.05, 4.69) is 20.1 Å². The van der Waals surface area contributed by atoms with Gasteiger partial charge in [0, 0.05) is 36.6 Å². The van der Waals surface area contributed by atoms with Crippen molar-refractivity contribution in [2.75, 3.05) is 26.3 Å². The van der Waals surface area contributed by atoms with Gasteiger partial charge in [-0.1, -0.05) is 6.92 Å². The number of aromatic nitrogens is 4. The van der Waals surface area contributed by atoms with Gasteiger partial charge in [-0.15, -0.1) is 0 Å². The van der Waals surface area contributed by atoms with Gasteiger partial charge in [0.05, 0.1) is 11.2 Å². The first-order valence-corrected chi connectivity index (χ1v) is 10.6. The van der Waals surface area contributed by atoms with E-state index >= 15 is 0 Å². The highest BCUT2D eigenvalue weighted by molar-refractivity contribution is 5.83. The van der Waals surface area contributed by atoms with Gasteiger partial charge < -0.3 is 14.2 Å². The molecule has 2 saturated heterocycles. The van der Waals surface area contributed by atoms with E-state index in [1.54, 1.807) is 10.7 Å². The number of benzene rings is 1. The fourth-order valence-electron chi connectivity index (χ4n) is 4.61. The number of ether oxygens (including phenoxy) is 1. The van der Waals surface area contributed by atoms with E-state index in [0.29, 0.717) is 23.4 Å². The Bertz CT molecular complexity index is 986. The van der Waals surface area contributed by atoms with E-state index in [0.717, 1.165) is 69.5 Å². The monoisotopic (exact) mass is 399 g/mol. The van der Waals surface area contributed by atoms with Crippen LogP contribution in [0.15, 0.2) is 22.7 Å². The molecule has 3 aromatic rings. The van der Waals surface area contributed by atoms with E-state index in [1.807, 2.05) is 6.92 Å². The number of piperidine rings is 1. The molecule has 0 unspecified atom stereocenters. The second-order valence-corrected chi connectivity index (χ2v) is 7.96. The highest BCUT2D eigenvalue weighted by atomic mass is 19.1. The average Bonchev–Trinajstić information content (AvgIpc) is 3.39. The van der Waals surface area contributed by atoms with Crippen LogP contribution in [0.25, 0.3) is 16.9 Å². The average molecular weight is 399 g/mol. The molecule has 1 aromatic carbocycles. The number of hydrogen-bond acceptors (Lipinski definition) is 6. The Morgan fingerprint density at radius 1 is 1.14 bits per heavy atom. The van der Waals surface area contributed by atoms with Crippen LogP contribution in [-0.2, 0) is 11.2 Å². The Kier molecular flexibility index (Phi) is 5.05. The summed E-state index contributed by atoms with van der Waals surface area (Å²) < 4.78 is 26.5. The standard InChI is InChI=1S/C21H26FN5O2/c1-2-18-17-4-3-15(22)13-19(17)27(24-18)21-23-20(29-25-21)14-5-9-26(10-6-14)16-7-11-28-12-8-16/h3-4,13-14,16H,2,5-12H2,1H3. The third-order valence-corrected chi connectivity index (χ3v) is 6.26. The van der Waals surface area contributed by atoms with Crippen LogP contribution < -0.4 is 0 Å². The number of likely N-dealkylation sites (tertiary alicyclic amines) is 1. The lowest BCUT2D eigenvalue weighted by atomic mass is 9.94. The maximum Gasteiger partial charge on any atom is 0.291 e. The van der Waals surface area contributed by atoms with Crippen LogP contribution in [-0.4, -0.2) is 57.2 Å². The minimum atomic E-state index is -0.300. The van der Waals surface area contributed by atoms with Crippen LogP contribution in [0, 0.1) is 5.82 Å². The number of hydrogen-bond donors (Lipinski definition) is 0. The molecule has 0 radical (unpaired) electrons. The van der Waals surface area contributed by atoms with Crippen molar-refractivity contribution in [3.05, 3.63) is 35.6 Å². The van der Waals surface area contributed by atoms with Crippen molar-refractivity contribution in [2.45, 2.75) is 51.0 Å². The Labute approximate surface area is 168 Å². The Hall–Kier alpha value is -2.32. The summed E-state index contributed by atoms with van der Waals surface area (Å²) in [5.41, 5.74) is 1.57. The summed E-state index contributed by atoms with van der Waals surface area (Å²) in [4.78, 5) is 7.21. The van der Waals surface area contributed by atoms with Crippen molar-refractivity contribution >= 4 is 10.9 Å². The lowest BCUT2D eigenvalue weighted by Crippen LogP contribution is -2.43. The molecular weight excluding hydrogens is 373 g/mol. The van der Waals surface area contributed by atoms with Gasteiger partial charge in [0.15, 0.2) is 0 Å². The van der Waals surface area contributed by atoms with Crippen molar-refractivity contribution in [3.63, 3.8) is 0 Å². The molecule has 2 aromatic heterocycles. The SMILES string of the molecule is CCc1nn(-c2noc(C3CCN(C4CCOCC4)CC3)n2)c2cc(F)ccc12. The van der Waals surface area contributed by atoms with E-state index in [9.17, 15) is 4.39 Å². The molecule has 0 aliphatic carbocycles. The second-order valence-electron chi connectivity index (χ2n) is 7.96. The minimum Gasteiger partial charge on any atom is -0.381 e. The topological polar surface area (TPSA) is 69.2 Å². The number of nitrogens with zero attached hydrogens (tertiary/aromatic N) is 5. The summed E-state index contributed by atoms with van der Waals surface area (Å²) in [7, 11) is 0. The number of rotatable bonds is 4.